The van der Waals surface area contributed by atoms with Gasteiger partial charge in [-0.2, -0.15) is 0 Å². The number of phenolic OH excluding ortho intramolecular Hbond substituents is 1. The summed E-state index contributed by atoms with van der Waals surface area (Å²) >= 11 is 0. The lowest BCUT2D eigenvalue weighted by Gasteiger charge is -2.63. The number of benzene rings is 1. The Bertz CT molecular complexity index is 2310. The van der Waals surface area contributed by atoms with E-state index < -0.39 is 53.9 Å². The average molecular weight is 1010 g/mol. The van der Waals surface area contributed by atoms with Crippen molar-refractivity contribution in [2.75, 3.05) is 18.8 Å². The number of esters is 1. The maximum absolute atomic E-state index is 13.1. The molecule has 5 fully saturated rings. The van der Waals surface area contributed by atoms with Gasteiger partial charge in [0.1, 0.15) is 12.2 Å². The third kappa shape index (κ3) is 9.26. The number of aliphatic hydroxyl groups is 4. The molecule has 1 aromatic carbocycles. The van der Waals surface area contributed by atoms with Crippen LogP contribution in [0.2, 0.25) is 0 Å². The number of nitrogens with zero attached hydrogens (tertiary/aromatic N) is 1. The SMILES string of the molecule is CC(=O)O[C@H]1C[C@@H](O)CC[C@]23C#C[C@H]4CCC[C@]5(C[C@H](CCN5)Oc5cc(c(C(O)O)cc5O)C[C@@H]14)[C@@H]1CC[C@@H](CN1)SSC[C@@]1(C[C@]45CCC[C@@H]4C=C[C@@H](C5)C14CCCC4)NC(N)=N[C@@H]2C=CC[C@@H]3O. The maximum Gasteiger partial charge on any atom is 0.302 e. The lowest BCUT2D eigenvalue weighted by Crippen LogP contribution is -2.70. The number of hydrogen-bond acceptors (Lipinski definition) is 15. The monoisotopic (exact) mass is 1010 g/mol. The number of carbonyl (C=O) groups excluding carboxylic acids is 1. The Morgan fingerprint density at radius 1 is 0.972 bits per heavy atom. The fourth-order valence-corrected chi connectivity index (χ4v) is 19.9. The van der Waals surface area contributed by atoms with Gasteiger partial charge in [-0.05, 0) is 138 Å². The van der Waals surface area contributed by atoms with E-state index in [2.05, 4.69) is 46.0 Å². The largest absolute Gasteiger partial charge is 0.504 e. The van der Waals surface area contributed by atoms with Gasteiger partial charge in [-0.1, -0.05) is 83.4 Å². The number of phenols is 1. The molecule has 6 aliphatic carbocycles. The number of rotatable bonds is 2. The summed E-state index contributed by atoms with van der Waals surface area (Å²) in [6, 6.07) is 2.66. The number of aliphatic hydroxyl groups excluding tert-OH is 3. The first-order valence-corrected chi connectivity index (χ1v) is 29.8. The lowest BCUT2D eigenvalue weighted by molar-refractivity contribution is -0.152. The maximum atomic E-state index is 13.1. The van der Waals surface area contributed by atoms with E-state index in [1.165, 1.54) is 51.5 Å². The first-order valence-electron chi connectivity index (χ1n) is 27.4. The molecule has 5 aliphatic heterocycles. The van der Waals surface area contributed by atoms with Crippen LogP contribution in [0.1, 0.15) is 153 Å². The highest BCUT2D eigenvalue weighted by atomic mass is 33.1. The minimum atomic E-state index is -1.90. The van der Waals surface area contributed by atoms with Gasteiger partial charge in [-0.15, -0.1) is 0 Å². The summed E-state index contributed by atoms with van der Waals surface area (Å²) in [4.78, 5) is 18.5. The van der Waals surface area contributed by atoms with Crippen LogP contribution in [0.15, 0.2) is 41.4 Å². The van der Waals surface area contributed by atoms with Crippen molar-refractivity contribution in [3.8, 4) is 23.3 Å². The van der Waals surface area contributed by atoms with Crippen LogP contribution in [-0.2, 0) is 16.0 Å². The van der Waals surface area contributed by atoms with E-state index in [4.69, 9.17) is 20.2 Å². The van der Waals surface area contributed by atoms with Gasteiger partial charge in [-0.3, -0.25) is 4.79 Å². The first-order chi connectivity index (χ1) is 34.2. The number of guanidine groups is 1. The molecule has 0 amide bonds. The van der Waals surface area contributed by atoms with Crippen LogP contribution in [0.25, 0.3) is 0 Å². The number of nitrogens with one attached hydrogen (secondary N) is 3. The Morgan fingerprint density at radius 2 is 1.80 bits per heavy atom. The molecular formula is C56H79N5O8S2. The third-order valence-electron chi connectivity index (χ3n) is 20.1. The Morgan fingerprint density at radius 3 is 2.61 bits per heavy atom. The van der Waals surface area contributed by atoms with Crippen molar-refractivity contribution in [2.24, 2.45) is 50.6 Å². The highest BCUT2D eigenvalue weighted by Crippen LogP contribution is 2.69. The molecule has 12 rings (SSSR count). The summed E-state index contributed by atoms with van der Waals surface area (Å²) in [6.07, 6.45) is 22.5. The van der Waals surface area contributed by atoms with Crippen LogP contribution < -0.4 is 26.4 Å². The van der Waals surface area contributed by atoms with Crippen LogP contribution in [-0.4, -0.2) is 109 Å². The van der Waals surface area contributed by atoms with Crippen LogP contribution in [0.5, 0.6) is 11.5 Å². The smallest absolute Gasteiger partial charge is 0.302 e. The van der Waals surface area contributed by atoms with Crippen LogP contribution in [0.3, 0.4) is 0 Å². The molecule has 13 nitrogen and oxygen atoms in total. The molecule has 15 atom stereocenters. The quantitative estimate of drug-likeness (QED) is 0.0489. The molecule has 5 spiro atoms. The molecule has 5 heterocycles. The van der Waals surface area contributed by atoms with Crippen molar-refractivity contribution in [1.82, 2.24) is 16.0 Å². The Labute approximate surface area is 428 Å². The van der Waals surface area contributed by atoms with E-state index in [9.17, 15) is 30.3 Å². The predicted molar refractivity (Wildman–Crippen MR) is 278 cm³/mol. The number of allylic oxidation sites excluding steroid dienone is 2. The van der Waals surface area contributed by atoms with Crippen molar-refractivity contribution in [3.63, 3.8) is 0 Å². The standard InChI is InChI=1S/C56H79N5O8S2/c1-34(62)68-45-27-39(63)16-23-53-22-15-35-7-5-21-55(30-40(17-24-59-55)69-46-26-36(25-42(35)45)43(50(66)67)28-44(46)64)48-14-13-41(31-58-48)71-70-33-56(61-51(57)60-47(53)9-4-10-49(53)65)32-52-18-6-8-37(52)11-12-38(29-52)54(56)19-2-3-20-54/h4,9,11-12,26,28,35,37-42,45,47-50,58-59,63-67H,2-3,5-8,10,13-14,16-21,23-25,27,29-33H2,1H3,(H3,57,60,61)/t35-,37-,38+,39+,40+,41+,42-,45+,47-,48+,49+,52-,53-,55+,56-/m1/s1. The molecule has 0 unspecified atom stereocenters. The molecular weight excluding hydrogens is 935 g/mol. The number of aromatic hydroxyl groups is 1. The summed E-state index contributed by atoms with van der Waals surface area (Å²) in [7, 11) is 4.08. The second kappa shape index (κ2) is 20.0. The zero-order valence-electron chi connectivity index (χ0n) is 41.7. The van der Waals surface area contributed by atoms with Gasteiger partial charge in [-0.25, -0.2) is 4.99 Å². The summed E-state index contributed by atoms with van der Waals surface area (Å²) in [5.41, 5.74) is 6.62. The van der Waals surface area contributed by atoms with Gasteiger partial charge in [0.25, 0.3) is 0 Å². The van der Waals surface area contributed by atoms with Crippen molar-refractivity contribution < 1.29 is 39.8 Å². The van der Waals surface area contributed by atoms with E-state index >= 15 is 0 Å². The second-order valence-electron chi connectivity index (χ2n) is 23.9. The molecule has 10 bridgehead atoms. The molecule has 2 saturated heterocycles. The fourth-order valence-electron chi connectivity index (χ4n) is 16.7. The molecule has 3 saturated carbocycles. The second-order valence-corrected chi connectivity index (χ2v) is 26.6. The number of carbonyl (C=O) groups is 1. The first kappa shape index (κ1) is 50.2. The third-order valence-corrected chi connectivity index (χ3v) is 23.1. The van der Waals surface area contributed by atoms with E-state index in [0.29, 0.717) is 47.9 Å². The van der Waals surface area contributed by atoms with Crippen molar-refractivity contribution in [2.45, 2.75) is 201 Å². The zero-order valence-corrected chi connectivity index (χ0v) is 43.3. The topological polar surface area (TPSA) is 211 Å². The number of hydrogen-bond donors (Lipinski definition) is 9. The Balaban J connectivity index is 1.07. The molecule has 0 radical (unpaired) electrons. The highest BCUT2D eigenvalue weighted by molar-refractivity contribution is 8.77. The lowest BCUT2D eigenvalue weighted by atomic mass is 9.45. The summed E-state index contributed by atoms with van der Waals surface area (Å²) in [5.74, 6) is 8.58. The average Bonchev–Trinajstić information content (AvgIpc) is 4.00. The highest BCUT2D eigenvalue weighted by Gasteiger charge is 2.66. The normalized spacial score (nSPS) is 43.0. The number of ether oxygens (including phenoxy) is 2. The number of nitrogens with two attached hydrogens (primary N) is 1. The van der Waals surface area contributed by atoms with E-state index in [-0.39, 0.29) is 70.4 Å². The van der Waals surface area contributed by atoms with Crippen molar-refractivity contribution >= 4 is 33.5 Å². The Kier molecular flexibility index (Phi) is 14.1. The van der Waals surface area contributed by atoms with Gasteiger partial charge in [0.2, 0.25) is 0 Å². The number of fused-ring (bicyclic) bond motifs is 10. The molecule has 0 aromatic heterocycles. The predicted octanol–water partition coefficient (Wildman–Crippen LogP) is 6.84. The van der Waals surface area contributed by atoms with Gasteiger partial charge in [0.05, 0.1) is 29.2 Å². The van der Waals surface area contributed by atoms with E-state index in [1.807, 2.05) is 27.7 Å². The van der Waals surface area contributed by atoms with Gasteiger partial charge in [0.15, 0.2) is 23.7 Å². The summed E-state index contributed by atoms with van der Waals surface area (Å²) in [6.45, 7) is 3.01. The van der Waals surface area contributed by atoms with Crippen LogP contribution in [0, 0.1) is 51.8 Å². The summed E-state index contributed by atoms with van der Waals surface area (Å²) < 4.78 is 13.0. The van der Waals surface area contributed by atoms with Crippen LogP contribution in [0.4, 0.5) is 0 Å². The number of piperidine rings is 2. The summed E-state index contributed by atoms with van der Waals surface area (Å²) in [5, 5.41) is 70.4. The van der Waals surface area contributed by atoms with E-state index in [0.717, 1.165) is 76.6 Å². The molecule has 1 aromatic rings. The molecule has 71 heavy (non-hydrogen) atoms. The van der Waals surface area contributed by atoms with Crippen molar-refractivity contribution in [1.29, 1.82) is 0 Å². The molecule has 11 aliphatic rings. The zero-order chi connectivity index (χ0) is 49.2. The fraction of sp³-hybridized carbons (Fsp3) is 0.750. The van der Waals surface area contributed by atoms with Crippen molar-refractivity contribution in [3.05, 3.63) is 47.6 Å². The van der Waals surface area contributed by atoms with Gasteiger partial charge < -0.3 is 56.7 Å². The van der Waals surface area contributed by atoms with Crippen LogP contribution >= 0.6 is 21.6 Å². The molecule has 10 N–H and O–H groups in total. The van der Waals surface area contributed by atoms with Gasteiger partial charge >= 0.3 is 5.97 Å². The minimum Gasteiger partial charge on any atom is -0.504 e. The molecule has 388 valence electrons. The van der Waals surface area contributed by atoms with E-state index in [1.54, 1.807) is 6.07 Å². The molecule has 15 heteroatoms. The minimum absolute atomic E-state index is 0.0344. The Hall–Kier alpha value is -2.94. The van der Waals surface area contributed by atoms with Gasteiger partial charge in [0, 0.05) is 71.7 Å². The number of aliphatic imine (C=N–C) groups is 1.